The monoisotopic (exact) mass is 246 g/mol. The Balaban J connectivity index is 1.98. The molecule has 2 aromatic rings. The molecule has 0 aliphatic carbocycles. The van der Waals surface area contributed by atoms with Crippen LogP contribution in [0.5, 0.6) is 5.75 Å². The van der Waals surface area contributed by atoms with Gasteiger partial charge >= 0.3 is 0 Å². The SMILES string of the molecule is COc1cccc(CC(=O)Cc2ccsc2)c1. The fourth-order valence-electron chi connectivity index (χ4n) is 1.69. The molecule has 0 unspecified atom stereocenters. The third-order valence-electron chi connectivity index (χ3n) is 2.52. The van der Waals surface area contributed by atoms with Crippen molar-refractivity contribution in [2.75, 3.05) is 7.11 Å². The predicted molar refractivity (Wildman–Crippen MR) is 69.7 cm³/mol. The summed E-state index contributed by atoms with van der Waals surface area (Å²) in [6, 6.07) is 9.65. The molecule has 2 rings (SSSR count). The number of rotatable bonds is 5. The number of hydrogen-bond donors (Lipinski definition) is 0. The minimum atomic E-state index is 0.233. The Morgan fingerprint density at radius 1 is 1.24 bits per heavy atom. The Hall–Kier alpha value is -1.61. The molecule has 0 N–H and O–H groups in total. The van der Waals surface area contributed by atoms with E-state index in [0.717, 1.165) is 16.9 Å². The van der Waals surface area contributed by atoms with Crippen LogP contribution < -0.4 is 4.74 Å². The van der Waals surface area contributed by atoms with Gasteiger partial charge in [-0.15, -0.1) is 0 Å². The lowest BCUT2D eigenvalue weighted by Crippen LogP contribution is -2.05. The summed E-state index contributed by atoms with van der Waals surface area (Å²) in [6.07, 6.45) is 0.980. The van der Waals surface area contributed by atoms with Gasteiger partial charge in [0.05, 0.1) is 7.11 Å². The zero-order valence-electron chi connectivity index (χ0n) is 9.68. The van der Waals surface area contributed by atoms with Crippen LogP contribution in [0, 0.1) is 0 Å². The smallest absolute Gasteiger partial charge is 0.141 e. The number of carbonyl (C=O) groups excluding carboxylic acids is 1. The van der Waals surface area contributed by atoms with Crippen LogP contribution in [0.2, 0.25) is 0 Å². The van der Waals surface area contributed by atoms with Gasteiger partial charge in [-0.1, -0.05) is 12.1 Å². The highest BCUT2D eigenvalue weighted by Crippen LogP contribution is 2.14. The quantitative estimate of drug-likeness (QED) is 0.810. The molecule has 0 amide bonds. The normalized spacial score (nSPS) is 10.2. The van der Waals surface area contributed by atoms with Gasteiger partial charge in [0.15, 0.2) is 0 Å². The van der Waals surface area contributed by atoms with Gasteiger partial charge in [-0.3, -0.25) is 4.79 Å². The number of ether oxygens (including phenoxy) is 1. The molecule has 0 atom stereocenters. The third kappa shape index (κ3) is 3.43. The lowest BCUT2D eigenvalue weighted by atomic mass is 10.0. The second-order valence-electron chi connectivity index (χ2n) is 3.88. The molecule has 0 saturated carbocycles. The number of carbonyl (C=O) groups is 1. The van der Waals surface area contributed by atoms with E-state index in [1.54, 1.807) is 18.4 Å². The highest BCUT2D eigenvalue weighted by molar-refractivity contribution is 7.07. The molecule has 0 aliphatic heterocycles. The first kappa shape index (κ1) is 11.9. The minimum Gasteiger partial charge on any atom is -0.497 e. The van der Waals surface area contributed by atoms with Crippen LogP contribution in [0.4, 0.5) is 0 Å². The molecular formula is C14H14O2S. The largest absolute Gasteiger partial charge is 0.497 e. The highest BCUT2D eigenvalue weighted by atomic mass is 32.1. The third-order valence-corrected chi connectivity index (χ3v) is 3.25. The fourth-order valence-corrected chi connectivity index (χ4v) is 2.36. The number of methoxy groups -OCH3 is 1. The van der Waals surface area contributed by atoms with E-state index < -0.39 is 0 Å². The molecule has 0 saturated heterocycles. The summed E-state index contributed by atoms with van der Waals surface area (Å²) < 4.78 is 5.13. The minimum absolute atomic E-state index is 0.233. The number of Topliss-reactive ketones (excluding diaryl/α,β-unsaturated/α-hetero) is 1. The van der Waals surface area contributed by atoms with E-state index in [-0.39, 0.29) is 5.78 Å². The van der Waals surface area contributed by atoms with Crippen molar-refractivity contribution in [3.63, 3.8) is 0 Å². The van der Waals surface area contributed by atoms with Gasteiger partial charge < -0.3 is 4.74 Å². The van der Waals surface area contributed by atoms with E-state index in [4.69, 9.17) is 4.74 Å². The molecule has 0 spiro atoms. The molecule has 0 fully saturated rings. The van der Waals surface area contributed by atoms with Crippen molar-refractivity contribution in [2.24, 2.45) is 0 Å². The maximum Gasteiger partial charge on any atom is 0.141 e. The van der Waals surface area contributed by atoms with E-state index in [2.05, 4.69) is 0 Å². The van der Waals surface area contributed by atoms with Crippen molar-refractivity contribution >= 4 is 17.1 Å². The van der Waals surface area contributed by atoms with E-state index >= 15 is 0 Å². The molecule has 0 aliphatic rings. The lowest BCUT2D eigenvalue weighted by Gasteiger charge is -2.03. The second-order valence-corrected chi connectivity index (χ2v) is 4.66. The number of thiophene rings is 1. The van der Waals surface area contributed by atoms with Crippen LogP contribution >= 0.6 is 11.3 Å². The maximum atomic E-state index is 11.8. The van der Waals surface area contributed by atoms with E-state index in [1.165, 1.54) is 0 Å². The Bertz CT molecular complexity index is 489. The molecule has 2 nitrogen and oxygen atoms in total. The van der Waals surface area contributed by atoms with Gasteiger partial charge in [0.25, 0.3) is 0 Å². The first-order chi connectivity index (χ1) is 8.28. The topological polar surface area (TPSA) is 26.3 Å². The zero-order valence-corrected chi connectivity index (χ0v) is 10.5. The van der Waals surface area contributed by atoms with E-state index in [1.807, 2.05) is 41.1 Å². The first-order valence-corrected chi connectivity index (χ1v) is 6.38. The maximum absolute atomic E-state index is 11.8. The average Bonchev–Trinajstić information content (AvgIpc) is 2.82. The van der Waals surface area contributed by atoms with Crippen molar-refractivity contribution in [2.45, 2.75) is 12.8 Å². The summed E-state index contributed by atoms with van der Waals surface area (Å²) in [7, 11) is 1.63. The van der Waals surface area contributed by atoms with Crippen LogP contribution in [0.25, 0.3) is 0 Å². The van der Waals surface area contributed by atoms with E-state index in [9.17, 15) is 4.79 Å². The lowest BCUT2D eigenvalue weighted by molar-refractivity contribution is -0.117. The molecule has 3 heteroatoms. The first-order valence-electron chi connectivity index (χ1n) is 5.43. The second kappa shape index (κ2) is 5.64. The van der Waals surface area contributed by atoms with Crippen LogP contribution in [-0.4, -0.2) is 12.9 Å². The molecule has 0 bridgehead atoms. The summed E-state index contributed by atoms with van der Waals surface area (Å²) in [5.41, 5.74) is 2.10. The van der Waals surface area contributed by atoms with Crippen LogP contribution in [0.1, 0.15) is 11.1 Å². The Kier molecular flexibility index (Phi) is 3.94. The van der Waals surface area contributed by atoms with Gasteiger partial charge in [0.1, 0.15) is 11.5 Å². The van der Waals surface area contributed by atoms with Gasteiger partial charge in [-0.25, -0.2) is 0 Å². The molecule has 1 aromatic carbocycles. The highest BCUT2D eigenvalue weighted by Gasteiger charge is 2.06. The molecular weight excluding hydrogens is 232 g/mol. The fraction of sp³-hybridized carbons (Fsp3) is 0.214. The van der Waals surface area contributed by atoms with Gasteiger partial charge in [0.2, 0.25) is 0 Å². The number of ketones is 1. The van der Waals surface area contributed by atoms with Crippen LogP contribution in [0.15, 0.2) is 41.1 Å². The molecule has 88 valence electrons. The molecule has 1 heterocycles. The summed E-state index contributed by atoms with van der Waals surface area (Å²) >= 11 is 1.62. The van der Waals surface area contributed by atoms with Crippen LogP contribution in [-0.2, 0) is 17.6 Å². The van der Waals surface area contributed by atoms with Gasteiger partial charge in [0, 0.05) is 12.8 Å². The van der Waals surface area contributed by atoms with Gasteiger partial charge in [-0.2, -0.15) is 11.3 Å². The standard InChI is InChI=1S/C14H14O2S/c1-16-14-4-2-3-11(9-14)7-13(15)8-12-5-6-17-10-12/h2-6,9-10H,7-8H2,1H3. The predicted octanol–water partition coefficient (Wildman–Crippen LogP) is 3.11. The van der Waals surface area contributed by atoms with Crippen molar-refractivity contribution in [3.05, 3.63) is 52.2 Å². The summed E-state index contributed by atoms with van der Waals surface area (Å²) in [5.74, 6) is 1.03. The number of hydrogen-bond acceptors (Lipinski definition) is 3. The van der Waals surface area contributed by atoms with Gasteiger partial charge in [-0.05, 0) is 40.1 Å². The number of benzene rings is 1. The van der Waals surface area contributed by atoms with Crippen molar-refractivity contribution in [3.8, 4) is 5.75 Å². The zero-order chi connectivity index (χ0) is 12.1. The Morgan fingerprint density at radius 2 is 2.06 bits per heavy atom. The van der Waals surface area contributed by atoms with Crippen LogP contribution in [0.3, 0.4) is 0 Å². The summed E-state index contributed by atoms with van der Waals surface area (Å²) in [4.78, 5) is 11.8. The molecule has 0 radical (unpaired) electrons. The summed E-state index contributed by atoms with van der Waals surface area (Å²) in [6.45, 7) is 0. The summed E-state index contributed by atoms with van der Waals surface area (Å²) in [5, 5.41) is 4.01. The van der Waals surface area contributed by atoms with E-state index in [0.29, 0.717) is 12.8 Å². The Morgan fingerprint density at radius 3 is 2.76 bits per heavy atom. The van der Waals surface area contributed by atoms with Crippen molar-refractivity contribution in [1.29, 1.82) is 0 Å². The van der Waals surface area contributed by atoms with Crippen molar-refractivity contribution in [1.82, 2.24) is 0 Å². The Labute approximate surface area is 105 Å². The molecule has 1 aromatic heterocycles. The molecule has 17 heavy (non-hydrogen) atoms. The van der Waals surface area contributed by atoms with Crippen molar-refractivity contribution < 1.29 is 9.53 Å². The average molecular weight is 246 g/mol.